The Morgan fingerprint density at radius 3 is 0.800 bits per heavy atom. The van der Waals surface area contributed by atoms with Gasteiger partial charge in [0.05, 0.1) is 0 Å². The summed E-state index contributed by atoms with van der Waals surface area (Å²) in [6, 6.07) is 0. The van der Waals surface area contributed by atoms with E-state index in [-0.39, 0.29) is 128 Å². The van der Waals surface area contributed by atoms with Gasteiger partial charge in [-0.15, -0.1) is 0 Å². The van der Waals surface area contributed by atoms with Crippen molar-refractivity contribution in [2.24, 2.45) is 5.92 Å². The Morgan fingerprint density at radius 2 is 0.800 bits per heavy atom. The minimum atomic E-state index is 0. The molecule has 0 heterocycles. The van der Waals surface area contributed by atoms with E-state index in [1.165, 1.54) is 12.8 Å². The molecule has 0 bridgehead atoms. The van der Waals surface area contributed by atoms with Crippen molar-refractivity contribution in [3.05, 3.63) is 0 Å². The molecule has 15 heavy (non-hydrogen) atoms. The molecule has 0 spiro atoms. The van der Waals surface area contributed by atoms with E-state index in [4.69, 9.17) is 0 Å². The molecule has 0 fully saturated rings. The van der Waals surface area contributed by atoms with Crippen LogP contribution in [0.4, 0.5) is 0 Å². The maximum Gasteiger partial charge on any atom is 0 e. The van der Waals surface area contributed by atoms with Crippen LogP contribution in [-0.4, -0.2) is 0 Å². The van der Waals surface area contributed by atoms with Gasteiger partial charge in [-0.05, 0) is 5.92 Å². The van der Waals surface area contributed by atoms with Crippen molar-refractivity contribution in [1.29, 1.82) is 0 Å². The van der Waals surface area contributed by atoms with E-state index < -0.39 is 0 Å². The number of hydrogen-bond acceptors (Lipinski definition) is 0. The smallest absolute Gasteiger partial charge is 0 e. The second-order valence-electron chi connectivity index (χ2n) is 2.51. The predicted molar refractivity (Wildman–Crippen MR) is 65.9 cm³/mol. The van der Waals surface area contributed by atoms with Crippen molar-refractivity contribution in [3.8, 4) is 0 Å². The van der Waals surface area contributed by atoms with Crippen molar-refractivity contribution in [1.82, 2.24) is 0 Å². The molecule has 0 saturated heterocycles. The standard InChI is InChI=1S/C5H12.C3H8.C2H6.2CH4.3Ar/c1-4-5(2)3;1-3-2;1-2;;;;;/h5H,4H2,1-3H3;3H2,1-2H3;1-2H3;2*1H4;;;. The quantitative estimate of drug-likeness (QED) is 0.576. The van der Waals surface area contributed by atoms with Crippen LogP contribution in [-0.2, 0) is 0 Å². The van der Waals surface area contributed by atoms with E-state index in [0.717, 1.165) is 5.92 Å². The molecule has 0 unspecified atom stereocenters. The number of rotatable bonds is 1. The second kappa shape index (κ2) is 64.9. The summed E-state index contributed by atoms with van der Waals surface area (Å²) in [6.07, 6.45) is 2.56. The first kappa shape index (κ1) is 51.1. The molecule has 0 radical (unpaired) electrons. The summed E-state index contributed by atoms with van der Waals surface area (Å²) < 4.78 is 0. The summed E-state index contributed by atoms with van der Waals surface area (Å²) in [5.74, 6) is 0.884. The fraction of sp³-hybridized carbons (Fsp3) is 1.00. The van der Waals surface area contributed by atoms with Crippen LogP contribution in [0, 0.1) is 119 Å². The van der Waals surface area contributed by atoms with Crippen LogP contribution in [0.15, 0.2) is 0 Å². The zero-order chi connectivity index (χ0) is 8.99. The van der Waals surface area contributed by atoms with Gasteiger partial charge in [0, 0.05) is 113 Å². The summed E-state index contributed by atoms with van der Waals surface area (Å²) in [6.45, 7) is 14.9. The zero-order valence-electron chi connectivity index (χ0n) is 10.1. The van der Waals surface area contributed by atoms with Gasteiger partial charge in [0.1, 0.15) is 0 Å². The topological polar surface area (TPSA) is 0 Å². The van der Waals surface area contributed by atoms with E-state index in [2.05, 4.69) is 34.6 Å². The van der Waals surface area contributed by atoms with Crippen molar-refractivity contribution >= 4 is 0 Å². The minimum Gasteiger partial charge on any atom is -0.0776 e. The van der Waals surface area contributed by atoms with Gasteiger partial charge in [-0.3, -0.25) is 0 Å². The van der Waals surface area contributed by atoms with Gasteiger partial charge < -0.3 is 0 Å². The van der Waals surface area contributed by atoms with Gasteiger partial charge in [0.2, 0.25) is 0 Å². The normalized spacial score (nSPS) is 4.80. The largest absolute Gasteiger partial charge is 0.0776 e. The molecule has 0 aromatic carbocycles. The Balaban J connectivity index is -0.00000000751. The monoisotopic (exact) mass is 298 g/mol. The fourth-order valence-electron chi connectivity index (χ4n) is 0. The van der Waals surface area contributed by atoms with E-state index >= 15 is 0 Å². The zero-order valence-corrected chi connectivity index (χ0v) is 12.2. The molecule has 0 saturated carbocycles. The maximum atomic E-state index is 2.22. The number of hydrogen-bond donors (Lipinski definition) is 0. The maximum absolute atomic E-state index is 2.22. The van der Waals surface area contributed by atoms with Gasteiger partial charge in [0.15, 0.2) is 0 Å². The molecule has 0 amide bonds. The van der Waals surface area contributed by atoms with E-state index in [1.807, 2.05) is 13.8 Å². The summed E-state index contributed by atoms with van der Waals surface area (Å²) in [4.78, 5) is 0. The molecule has 0 aromatic heterocycles. The van der Waals surface area contributed by atoms with Crippen LogP contribution in [0.2, 0.25) is 0 Å². The Labute approximate surface area is 191 Å². The van der Waals surface area contributed by atoms with Crippen LogP contribution in [0.3, 0.4) is 0 Å². The van der Waals surface area contributed by atoms with Gasteiger partial charge in [0.25, 0.3) is 0 Å². The molecular weight excluding hydrogens is 264 g/mol. The van der Waals surface area contributed by atoms with E-state index in [9.17, 15) is 0 Å². The Bertz CT molecular complexity index is 32.0. The summed E-state index contributed by atoms with van der Waals surface area (Å²) in [5.41, 5.74) is 0. The average Bonchev–Trinajstić information content (AvgIpc) is 1.94. The van der Waals surface area contributed by atoms with Gasteiger partial charge in [-0.2, -0.15) is 0 Å². The van der Waals surface area contributed by atoms with E-state index in [0.29, 0.717) is 0 Å². The van der Waals surface area contributed by atoms with E-state index in [1.54, 1.807) is 0 Å². The molecule has 106 valence electrons. The third-order valence-corrected chi connectivity index (χ3v) is 0.816. The van der Waals surface area contributed by atoms with Crippen LogP contribution in [0.5, 0.6) is 0 Å². The molecule has 0 aromatic rings. The second-order valence-corrected chi connectivity index (χ2v) is 2.51. The van der Waals surface area contributed by atoms with Crippen molar-refractivity contribution < 1.29 is 113 Å². The van der Waals surface area contributed by atoms with Crippen molar-refractivity contribution in [2.75, 3.05) is 0 Å². The predicted octanol–water partition coefficient (Wildman–Crippen LogP) is 5.77. The first-order valence-electron chi connectivity index (χ1n) is 4.68. The minimum absolute atomic E-state index is 0. The molecular formula is C12H34Ar3. The van der Waals surface area contributed by atoms with Gasteiger partial charge in [-0.25, -0.2) is 0 Å². The Morgan fingerprint density at radius 1 is 0.733 bits per heavy atom. The van der Waals surface area contributed by atoms with Crippen LogP contribution >= 0.6 is 0 Å². The molecule has 0 N–H and O–H groups in total. The Hall–Kier alpha value is 3.78. The first-order valence-corrected chi connectivity index (χ1v) is 4.68. The van der Waals surface area contributed by atoms with Crippen LogP contribution in [0.1, 0.15) is 76.2 Å². The summed E-state index contributed by atoms with van der Waals surface area (Å²) in [5, 5.41) is 0. The molecule has 0 rings (SSSR count). The third-order valence-electron chi connectivity index (χ3n) is 0.816. The average molecular weight is 298 g/mol. The van der Waals surface area contributed by atoms with Gasteiger partial charge in [-0.1, -0.05) is 76.2 Å². The van der Waals surface area contributed by atoms with Gasteiger partial charge >= 0.3 is 0 Å². The Kier molecular flexibility index (Phi) is 221. The molecule has 0 nitrogen and oxygen atoms in total. The molecule has 0 aliphatic carbocycles. The van der Waals surface area contributed by atoms with Crippen LogP contribution in [0.25, 0.3) is 0 Å². The van der Waals surface area contributed by atoms with Crippen molar-refractivity contribution in [3.63, 3.8) is 0 Å². The third kappa shape index (κ3) is 133. The molecule has 0 aliphatic rings. The first-order chi connectivity index (χ1) is 4.68. The van der Waals surface area contributed by atoms with Crippen LogP contribution < -0.4 is 0 Å². The molecule has 0 aliphatic heterocycles. The fourth-order valence-corrected chi connectivity index (χ4v) is 0. The molecule has 0 atom stereocenters. The molecule has 3 heteroatoms. The van der Waals surface area contributed by atoms with Crippen molar-refractivity contribution in [2.45, 2.75) is 76.2 Å². The summed E-state index contributed by atoms with van der Waals surface area (Å²) >= 11 is 0. The summed E-state index contributed by atoms with van der Waals surface area (Å²) in [7, 11) is 0. The SMILES string of the molecule is C.C.CC.CCC.CCC(C)C.[Ar].[Ar].[Ar].